The van der Waals surface area contributed by atoms with Crippen LogP contribution in [0.3, 0.4) is 0 Å². The molecule has 3 aliphatic carbocycles. The minimum Gasteiger partial charge on any atom is -0.228 e. The Morgan fingerprint density at radius 2 is 1.71 bits per heavy atom. The molecule has 0 aromatic rings. The van der Waals surface area contributed by atoms with Crippen LogP contribution in [0.15, 0.2) is 0 Å². The molecule has 3 fully saturated rings. The van der Waals surface area contributed by atoms with Crippen molar-refractivity contribution < 1.29 is 8.42 Å². The van der Waals surface area contributed by atoms with Crippen LogP contribution in [0.25, 0.3) is 0 Å². The minimum atomic E-state index is -3.27. The van der Waals surface area contributed by atoms with Crippen LogP contribution in [0.1, 0.15) is 32.1 Å². The van der Waals surface area contributed by atoms with E-state index >= 15 is 0 Å². The maximum absolute atomic E-state index is 11.4. The van der Waals surface area contributed by atoms with Crippen LogP contribution in [0.5, 0.6) is 0 Å². The molecule has 3 nitrogen and oxygen atoms in total. The maximum atomic E-state index is 11.4. The van der Waals surface area contributed by atoms with Crippen LogP contribution >= 0.6 is 0 Å². The Bertz CT molecular complexity index is 351. The minimum absolute atomic E-state index is 0.202. The molecule has 0 aromatic carbocycles. The zero-order valence-electron chi connectivity index (χ0n) is 8.22. The van der Waals surface area contributed by atoms with Crippen molar-refractivity contribution in [2.45, 2.75) is 37.4 Å². The zero-order chi connectivity index (χ0) is 9.92. The van der Waals surface area contributed by atoms with E-state index in [0.717, 1.165) is 18.8 Å². The van der Waals surface area contributed by atoms with Crippen LogP contribution in [0.2, 0.25) is 0 Å². The second kappa shape index (κ2) is 2.73. The summed E-state index contributed by atoms with van der Waals surface area (Å²) in [7, 11) is -3.27. The number of sulfonamides is 1. The molecule has 0 amide bonds. The van der Waals surface area contributed by atoms with Gasteiger partial charge in [-0.3, -0.25) is 0 Å². The van der Waals surface area contributed by atoms with Gasteiger partial charge in [-0.25, -0.2) is 13.6 Å². The lowest BCUT2D eigenvalue weighted by Crippen LogP contribution is -2.38. The SMILES string of the molecule is NS(=O)(=O)C1CC2CC1C1CCCC21. The number of hydrogen-bond donors (Lipinski definition) is 1. The second-order valence-electron chi connectivity index (χ2n) is 5.28. The lowest BCUT2D eigenvalue weighted by Gasteiger charge is -2.29. The summed E-state index contributed by atoms with van der Waals surface area (Å²) in [5.41, 5.74) is 0. The van der Waals surface area contributed by atoms with Gasteiger partial charge in [-0.2, -0.15) is 0 Å². The number of rotatable bonds is 1. The molecule has 2 bridgehead atoms. The summed E-state index contributed by atoms with van der Waals surface area (Å²) in [6.07, 6.45) is 5.88. The molecule has 3 saturated carbocycles. The molecule has 4 heteroatoms. The van der Waals surface area contributed by atoms with Crippen LogP contribution in [0.4, 0.5) is 0 Å². The third-order valence-corrected chi connectivity index (χ3v) is 6.18. The maximum Gasteiger partial charge on any atom is 0.212 e. The number of primary sulfonamides is 1. The zero-order valence-corrected chi connectivity index (χ0v) is 9.04. The smallest absolute Gasteiger partial charge is 0.212 e. The Hall–Kier alpha value is -0.0900. The predicted molar refractivity (Wildman–Crippen MR) is 53.9 cm³/mol. The van der Waals surface area contributed by atoms with Gasteiger partial charge in [-0.1, -0.05) is 6.42 Å². The Morgan fingerprint density at radius 3 is 2.43 bits per heavy atom. The first-order valence-electron chi connectivity index (χ1n) is 5.59. The summed E-state index contributed by atoms with van der Waals surface area (Å²) in [5.74, 6) is 2.62. The van der Waals surface area contributed by atoms with Crippen LogP contribution in [0, 0.1) is 23.7 Å². The molecule has 0 radical (unpaired) electrons. The summed E-state index contributed by atoms with van der Waals surface area (Å²) >= 11 is 0. The third kappa shape index (κ3) is 1.10. The van der Waals surface area contributed by atoms with Gasteiger partial charge >= 0.3 is 0 Å². The van der Waals surface area contributed by atoms with E-state index in [2.05, 4.69) is 0 Å². The molecule has 5 unspecified atom stereocenters. The van der Waals surface area contributed by atoms with E-state index < -0.39 is 10.0 Å². The highest BCUT2D eigenvalue weighted by molar-refractivity contribution is 7.89. The molecule has 3 aliphatic rings. The van der Waals surface area contributed by atoms with E-state index in [-0.39, 0.29) is 5.25 Å². The molecule has 0 spiro atoms. The van der Waals surface area contributed by atoms with Gasteiger partial charge in [-0.05, 0) is 49.4 Å². The van der Waals surface area contributed by atoms with Gasteiger partial charge in [0.15, 0.2) is 0 Å². The molecule has 3 rings (SSSR count). The highest BCUT2D eigenvalue weighted by Gasteiger charge is 2.56. The Balaban J connectivity index is 1.90. The lowest BCUT2D eigenvalue weighted by molar-refractivity contribution is 0.261. The van der Waals surface area contributed by atoms with Crippen LogP contribution in [-0.2, 0) is 10.0 Å². The average molecular weight is 215 g/mol. The van der Waals surface area contributed by atoms with Gasteiger partial charge in [-0.15, -0.1) is 0 Å². The van der Waals surface area contributed by atoms with E-state index in [1.54, 1.807) is 0 Å². The fraction of sp³-hybridized carbons (Fsp3) is 1.00. The summed E-state index contributed by atoms with van der Waals surface area (Å²) in [6.45, 7) is 0. The first-order chi connectivity index (χ1) is 6.57. The Labute approximate surface area is 85.1 Å². The highest BCUT2D eigenvalue weighted by Crippen LogP contribution is 2.59. The second-order valence-corrected chi connectivity index (χ2v) is 7.06. The van der Waals surface area contributed by atoms with Crippen molar-refractivity contribution in [1.82, 2.24) is 0 Å². The number of fused-ring (bicyclic) bond motifs is 5. The molecule has 0 aromatic heterocycles. The lowest BCUT2D eigenvalue weighted by atomic mass is 9.81. The van der Waals surface area contributed by atoms with Crippen molar-refractivity contribution in [3.8, 4) is 0 Å². The molecule has 0 aliphatic heterocycles. The van der Waals surface area contributed by atoms with Gasteiger partial charge in [0.2, 0.25) is 10.0 Å². The van der Waals surface area contributed by atoms with Gasteiger partial charge in [0.25, 0.3) is 0 Å². The molecular weight excluding hydrogens is 198 g/mol. The molecular formula is C10H17NO2S. The quantitative estimate of drug-likeness (QED) is 0.712. The normalized spacial score (nSPS) is 51.1. The van der Waals surface area contributed by atoms with Crippen molar-refractivity contribution >= 4 is 10.0 Å². The fourth-order valence-electron chi connectivity index (χ4n) is 4.38. The van der Waals surface area contributed by atoms with Gasteiger partial charge < -0.3 is 0 Å². The molecule has 0 heterocycles. The Morgan fingerprint density at radius 1 is 1.00 bits per heavy atom. The topological polar surface area (TPSA) is 60.2 Å². The van der Waals surface area contributed by atoms with Crippen LogP contribution in [-0.4, -0.2) is 13.7 Å². The van der Waals surface area contributed by atoms with E-state index in [1.165, 1.54) is 19.3 Å². The molecule has 0 saturated heterocycles. The van der Waals surface area contributed by atoms with Crippen molar-refractivity contribution in [1.29, 1.82) is 0 Å². The molecule has 5 atom stereocenters. The predicted octanol–water partition coefficient (Wildman–Crippen LogP) is 1.10. The van der Waals surface area contributed by atoms with E-state index in [9.17, 15) is 8.42 Å². The molecule has 14 heavy (non-hydrogen) atoms. The van der Waals surface area contributed by atoms with Crippen molar-refractivity contribution in [2.75, 3.05) is 0 Å². The average Bonchev–Trinajstić information content (AvgIpc) is 2.74. The molecule has 2 N–H and O–H groups in total. The summed E-state index contributed by atoms with van der Waals surface area (Å²) in [5, 5.41) is 5.08. The standard InChI is InChI=1S/C10H17NO2S/c11-14(12,13)10-5-6-4-9(10)8-3-1-2-7(6)8/h6-10H,1-5H2,(H2,11,12,13). The van der Waals surface area contributed by atoms with Crippen molar-refractivity contribution in [2.24, 2.45) is 28.8 Å². The number of nitrogens with two attached hydrogens (primary N) is 1. The fourth-order valence-corrected chi connectivity index (χ4v) is 5.70. The van der Waals surface area contributed by atoms with E-state index in [4.69, 9.17) is 5.14 Å². The van der Waals surface area contributed by atoms with Gasteiger partial charge in [0.05, 0.1) is 5.25 Å². The van der Waals surface area contributed by atoms with Crippen molar-refractivity contribution in [3.05, 3.63) is 0 Å². The summed E-state index contributed by atoms with van der Waals surface area (Å²) in [4.78, 5) is 0. The largest absolute Gasteiger partial charge is 0.228 e. The monoisotopic (exact) mass is 215 g/mol. The summed E-state index contributed by atoms with van der Waals surface area (Å²) in [6, 6.07) is 0. The highest BCUT2D eigenvalue weighted by atomic mass is 32.2. The van der Waals surface area contributed by atoms with Gasteiger partial charge in [0.1, 0.15) is 0 Å². The van der Waals surface area contributed by atoms with E-state index in [0.29, 0.717) is 17.8 Å². The molecule has 80 valence electrons. The first-order valence-corrected chi connectivity index (χ1v) is 7.20. The first kappa shape index (κ1) is 9.16. The third-order valence-electron chi connectivity index (χ3n) is 4.79. The van der Waals surface area contributed by atoms with Gasteiger partial charge in [0, 0.05) is 0 Å². The summed E-state index contributed by atoms with van der Waals surface area (Å²) < 4.78 is 22.8. The van der Waals surface area contributed by atoms with E-state index in [1.807, 2.05) is 0 Å². The number of hydrogen-bond acceptors (Lipinski definition) is 2. The van der Waals surface area contributed by atoms with Crippen molar-refractivity contribution in [3.63, 3.8) is 0 Å². The van der Waals surface area contributed by atoms with Crippen LogP contribution < -0.4 is 5.14 Å². The Kier molecular flexibility index (Phi) is 1.78.